The van der Waals surface area contributed by atoms with Gasteiger partial charge in [0.1, 0.15) is 10.8 Å². The van der Waals surface area contributed by atoms with Crippen molar-refractivity contribution in [2.45, 2.75) is 30.9 Å². The van der Waals surface area contributed by atoms with Gasteiger partial charge in [0.05, 0.1) is 10.8 Å². The lowest BCUT2D eigenvalue weighted by Gasteiger charge is -2.19. The number of carbonyl (C=O) groups excluding carboxylic acids is 2. The molecule has 1 atom stereocenters. The van der Waals surface area contributed by atoms with Crippen LogP contribution in [-0.4, -0.2) is 37.0 Å². The molecule has 1 N–H and O–H groups in total. The molecule has 10 heteroatoms. The summed E-state index contributed by atoms with van der Waals surface area (Å²) in [5, 5.41) is 11.0. The van der Waals surface area contributed by atoms with Gasteiger partial charge < -0.3 is 10.2 Å². The Balaban J connectivity index is 1.41. The zero-order valence-electron chi connectivity index (χ0n) is 17.6. The minimum absolute atomic E-state index is 0.104. The van der Waals surface area contributed by atoms with Crippen molar-refractivity contribution in [1.82, 2.24) is 10.2 Å². The van der Waals surface area contributed by atoms with Gasteiger partial charge in [-0.3, -0.25) is 9.59 Å². The van der Waals surface area contributed by atoms with Crippen LogP contribution < -0.4 is 10.2 Å². The lowest BCUT2D eigenvalue weighted by Crippen LogP contribution is -2.28. The molecule has 0 radical (unpaired) electrons. The van der Waals surface area contributed by atoms with Crippen LogP contribution >= 0.6 is 11.3 Å². The van der Waals surface area contributed by atoms with Crippen molar-refractivity contribution in [1.29, 1.82) is 0 Å². The highest BCUT2D eigenvalue weighted by Crippen LogP contribution is 2.30. The minimum atomic E-state index is -3.55. The summed E-state index contributed by atoms with van der Waals surface area (Å²) in [4.78, 5) is 27.1. The van der Waals surface area contributed by atoms with Crippen molar-refractivity contribution >= 4 is 43.8 Å². The van der Waals surface area contributed by atoms with Gasteiger partial charge in [-0.25, -0.2) is 8.42 Å². The molecular formula is C22H22N4O4S2. The highest BCUT2D eigenvalue weighted by Gasteiger charge is 2.36. The molecule has 166 valence electrons. The predicted octanol–water partition coefficient (Wildman–Crippen LogP) is 3.12. The van der Waals surface area contributed by atoms with Crippen LogP contribution in [-0.2, 0) is 25.2 Å². The molecule has 2 aromatic carbocycles. The average Bonchev–Trinajstić information content (AvgIpc) is 3.36. The van der Waals surface area contributed by atoms with Crippen LogP contribution in [0, 0.1) is 19.8 Å². The molecule has 0 saturated carbocycles. The van der Waals surface area contributed by atoms with E-state index in [0.717, 1.165) is 28.2 Å². The summed E-state index contributed by atoms with van der Waals surface area (Å²) in [5.74, 6) is -1.26. The zero-order chi connectivity index (χ0) is 22.9. The molecule has 0 aliphatic carbocycles. The number of carbonyl (C=O) groups is 2. The first-order valence-electron chi connectivity index (χ1n) is 10.0. The van der Waals surface area contributed by atoms with E-state index in [0.29, 0.717) is 0 Å². The van der Waals surface area contributed by atoms with Gasteiger partial charge in [0.2, 0.25) is 16.9 Å². The highest BCUT2D eigenvalue weighted by molar-refractivity contribution is 7.90. The Morgan fingerprint density at radius 1 is 1.16 bits per heavy atom. The Hall–Kier alpha value is -3.11. The summed E-state index contributed by atoms with van der Waals surface area (Å²) in [7, 11) is -3.55. The number of rotatable bonds is 6. The molecule has 3 aromatic rings. The molecule has 2 heterocycles. The highest BCUT2D eigenvalue weighted by atomic mass is 32.2. The Bertz CT molecular complexity index is 1270. The van der Waals surface area contributed by atoms with Crippen molar-refractivity contribution < 1.29 is 18.0 Å². The molecule has 0 spiro atoms. The monoisotopic (exact) mass is 470 g/mol. The van der Waals surface area contributed by atoms with Gasteiger partial charge in [0.15, 0.2) is 9.84 Å². The Labute approximate surface area is 190 Å². The average molecular weight is 471 g/mol. The van der Waals surface area contributed by atoms with Gasteiger partial charge in [-0.1, -0.05) is 41.7 Å². The molecule has 4 rings (SSSR count). The number of aromatic nitrogens is 2. The van der Waals surface area contributed by atoms with Crippen LogP contribution in [0.1, 0.15) is 22.6 Å². The smallest absolute Gasteiger partial charge is 0.231 e. The molecule has 0 bridgehead atoms. The van der Waals surface area contributed by atoms with E-state index in [1.54, 1.807) is 23.1 Å². The quantitative estimate of drug-likeness (QED) is 0.593. The van der Waals surface area contributed by atoms with E-state index in [4.69, 9.17) is 0 Å². The summed E-state index contributed by atoms with van der Waals surface area (Å²) >= 11 is 1.01. The molecule has 8 nitrogen and oxygen atoms in total. The maximum absolute atomic E-state index is 12.7. The zero-order valence-corrected chi connectivity index (χ0v) is 19.2. The number of sulfone groups is 1. The lowest BCUT2D eigenvalue weighted by atomic mass is 10.1. The number of nitrogens with zero attached hydrogens (tertiary/aromatic N) is 3. The van der Waals surface area contributed by atoms with Crippen molar-refractivity contribution in [3.63, 3.8) is 0 Å². The van der Waals surface area contributed by atoms with Gasteiger partial charge in [-0.15, -0.1) is 10.2 Å². The summed E-state index contributed by atoms with van der Waals surface area (Å²) in [6.45, 7) is 4.17. The normalized spacial score (nSPS) is 16.4. The number of amides is 2. The van der Waals surface area contributed by atoms with Gasteiger partial charge in [0, 0.05) is 18.7 Å². The summed E-state index contributed by atoms with van der Waals surface area (Å²) in [5.41, 5.74) is 2.83. The molecule has 1 unspecified atom stereocenters. The first-order chi connectivity index (χ1) is 15.2. The Morgan fingerprint density at radius 3 is 2.66 bits per heavy atom. The summed E-state index contributed by atoms with van der Waals surface area (Å²) < 4.78 is 25.0. The fourth-order valence-corrected chi connectivity index (χ4v) is 5.93. The number of nitrogens with one attached hydrogen (secondary N) is 1. The van der Waals surface area contributed by atoms with Crippen LogP contribution in [0.15, 0.2) is 53.4 Å². The maximum atomic E-state index is 12.7. The second kappa shape index (κ2) is 8.79. The van der Waals surface area contributed by atoms with E-state index in [1.807, 2.05) is 32.0 Å². The van der Waals surface area contributed by atoms with Crippen LogP contribution in [0.4, 0.5) is 10.8 Å². The largest absolute Gasteiger partial charge is 0.311 e. The molecule has 32 heavy (non-hydrogen) atoms. The van der Waals surface area contributed by atoms with Crippen molar-refractivity contribution in [3.8, 4) is 0 Å². The second-order valence-corrected chi connectivity index (χ2v) is 10.8. The molecule has 1 fully saturated rings. The standard InChI is InChI=1S/C22H22N4O4S2/c1-14-8-9-15(2)18(10-14)26-12-16(11-20(26)27)21(28)23-22-25-24-19(31-22)13-32(29,30)17-6-4-3-5-7-17/h3-10,16H,11-13H2,1-2H3,(H,23,25,28). The van der Waals surface area contributed by atoms with Crippen LogP contribution in [0.2, 0.25) is 0 Å². The van der Waals surface area contributed by atoms with Gasteiger partial charge in [0.25, 0.3) is 0 Å². The number of hydrogen-bond donors (Lipinski definition) is 1. The van der Waals surface area contributed by atoms with Gasteiger partial charge >= 0.3 is 0 Å². The fraction of sp³-hybridized carbons (Fsp3) is 0.273. The second-order valence-electron chi connectivity index (χ2n) is 7.76. The first-order valence-corrected chi connectivity index (χ1v) is 12.5. The number of aryl methyl sites for hydroxylation is 2. The van der Waals surface area contributed by atoms with E-state index < -0.39 is 15.8 Å². The Kier molecular flexibility index (Phi) is 6.07. The van der Waals surface area contributed by atoms with Gasteiger partial charge in [-0.2, -0.15) is 0 Å². The molecule has 1 saturated heterocycles. The SMILES string of the molecule is Cc1ccc(C)c(N2CC(C(=O)Nc3nnc(CS(=O)(=O)c4ccccc4)s3)CC2=O)c1. The van der Waals surface area contributed by atoms with Crippen LogP contribution in [0.3, 0.4) is 0 Å². The molecular weight excluding hydrogens is 448 g/mol. The molecule has 1 aliphatic rings. The third kappa shape index (κ3) is 4.71. The predicted molar refractivity (Wildman–Crippen MR) is 122 cm³/mol. The van der Waals surface area contributed by atoms with Crippen LogP contribution in [0.25, 0.3) is 0 Å². The van der Waals surface area contributed by atoms with E-state index in [9.17, 15) is 18.0 Å². The number of benzene rings is 2. The van der Waals surface area contributed by atoms with Crippen molar-refractivity contribution in [3.05, 3.63) is 64.7 Å². The number of anilines is 2. The summed E-state index contributed by atoms with van der Waals surface area (Å²) in [6.07, 6.45) is 0.104. The fourth-order valence-electron chi connectivity index (χ4n) is 3.57. The Morgan fingerprint density at radius 2 is 1.91 bits per heavy atom. The maximum Gasteiger partial charge on any atom is 0.231 e. The first kappa shape index (κ1) is 22.1. The minimum Gasteiger partial charge on any atom is -0.311 e. The lowest BCUT2D eigenvalue weighted by molar-refractivity contribution is -0.122. The van der Waals surface area contributed by atoms with Crippen molar-refractivity contribution in [2.24, 2.45) is 5.92 Å². The molecule has 1 aliphatic heterocycles. The third-order valence-corrected chi connectivity index (χ3v) is 7.93. The van der Waals surface area contributed by atoms with Crippen LogP contribution in [0.5, 0.6) is 0 Å². The van der Waals surface area contributed by atoms with Crippen molar-refractivity contribution in [2.75, 3.05) is 16.8 Å². The van der Waals surface area contributed by atoms with E-state index in [-0.39, 0.29) is 45.6 Å². The van der Waals surface area contributed by atoms with E-state index in [1.165, 1.54) is 12.1 Å². The third-order valence-electron chi connectivity index (χ3n) is 5.26. The van der Waals surface area contributed by atoms with Gasteiger partial charge in [-0.05, 0) is 43.2 Å². The van der Waals surface area contributed by atoms with E-state index in [2.05, 4.69) is 15.5 Å². The van der Waals surface area contributed by atoms with E-state index >= 15 is 0 Å². The number of hydrogen-bond acceptors (Lipinski definition) is 7. The molecule has 1 aromatic heterocycles. The molecule has 2 amide bonds. The topological polar surface area (TPSA) is 109 Å². The summed E-state index contributed by atoms with van der Waals surface area (Å²) in [6, 6.07) is 14.0.